The highest BCUT2D eigenvalue weighted by molar-refractivity contribution is 5.91. The normalized spacial score (nSPS) is 13.0. The summed E-state index contributed by atoms with van der Waals surface area (Å²) in [5.41, 5.74) is 3.36. The zero-order valence-corrected chi connectivity index (χ0v) is 17.6. The summed E-state index contributed by atoms with van der Waals surface area (Å²) in [7, 11) is 0. The van der Waals surface area contributed by atoms with Gasteiger partial charge in [-0.2, -0.15) is 5.10 Å². The van der Waals surface area contributed by atoms with Gasteiger partial charge in [0.15, 0.2) is 0 Å². The third-order valence-corrected chi connectivity index (χ3v) is 5.15. The third kappa shape index (κ3) is 4.74. The number of carbonyl (C=O) groups is 2. The van der Waals surface area contributed by atoms with Crippen LogP contribution < -0.4 is 5.32 Å². The van der Waals surface area contributed by atoms with Crippen molar-refractivity contribution in [2.24, 2.45) is 0 Å². The maximum absolute atomic E-state index is 13.0. The van der Waals surface area contributed by atoms with Gasteiger partial charge in [0.1, 0.15) is 5.56 Å². The number of hydrogen-bond donors (Lipinski definition) is 1. The maximum Gasteiger partial charge on any atom is 0.341 e. The van der Waals surface area contributed by atoms with E-state index in [0.29, 0.717) is 30.1 Å². The van der Waals surface area contributed by atoms with E-state index in [1.165, 1.54) is 6.20 Å². The first kappa shape index (κ1) is 20.6. The van der Waals surface area contributed by atoms with Crippen molar-refractivity contribution >= 4 is 17.7 Å². The molecule has 0 saturated heterocycles. The van der Waals surface area contributed by atoms with E-state index in [0.717, 1.165) is 24.2 Å². The molecule has 0 bridgehead atoms. The van der Waals surface area contributed by atoms with Crippen LogP contribution in [0.15, 0.2) is 54.9 Å². The van der Waals surface area contributed by atoms with Gasteiger partial charge in [-0.1, -0.05) is 12.1 Å². The lowest BCUT2D eigenvalue weighted by atomic mass is 10.2. The Labute approximate surface area is 180 Å². The lowest BCUT2D eigenvalue weighted by Crippen LogP contribution is -2.36. The molecule has 0 aliphatic heterocycles. The van der Waals surface area contributed by atoms with Crippen LogP contribution in [0.5, 0.6) is 0 Å². The molecule has 1 aliphatic carbocycles. The standard InChI is InChI=1S/C23H25N5O3/c1-3-31-22(29)21-14-25-28(16(21)2)20-9-6-8-17(13-20)26-23(30)27(19-10-11-19)15-18-7-4-5-12-24-18/h4-9,12-14,19H,3,10-11,15H2,1-2H3,(H,26,30). The Balaban J connectivity index is 1.51. The van der Waals surface area contributed by atoms with Crippen LogP contribution in [0.4, 0.5) is 10.5 Å². The van der Waals surface area contributed by atoms with Gasteiger partial charge in [0.25, 0.3) is 0 Å². The van der Waals surface area contributed by atoms with Crippen LogP contribution in [0, 0.1) is 6.92 Å². The lowest BCUT2D eigenvalue weighted by Gasteiger charge is -2.22. The highest BCUT2D eigenvalue weighted by atomic mass is 16.5. The van der Waals surface area contributed by atoms with Gasteiger partial charge in [-0.3, -0.25) is 4.98 Å². The number of anilines is 1. The van der Waals surface area contributed by atoms with Crippen LogP contribution in [0.3, 0.4) is 0 Å². The quantitative estimate of drug-likeness (QED) is 0.586. The van der Waals surface area contributed by atoms with Gasteiger partial charge >= 0.3 is 12.0 Å². The number of esters is 1. The van der Waals surface area contributed by atoms with Gasteiger partial charge in [0.2, 0.25) is 0 Å². The number of nitrogens with zero attached hydrogens (tertiary/aromatic N) is 4. The average Bonchev–Trinajstić information content (AvgIpc) is 3.54. The molecule has 3 aromatic rings. The minimum atomic E-state index is -0.398. The van der Waals surface area contributed by atoms with E-state index in [1.807, 2.05) is 54.3 Å². The van der Waals surface area contributed by atoms with Crippen molar-refractivity contribution in [2.75, 3.05) is 11.9 Å². The highest BCUT2D eigenvalue weighted by Crippen LogP contribution is 2.29. The van der Waals surface area contributed by atoms with Crippen LogP contribution in [0.1, 0.15) is 41.5 Å². The summed E-state index contributed by atoms with van der Waals surface area (Å²) < 4.78 is 6.74. The number of carbonyl (C=O) groups excluding carboxylic acids is 2. The average molecular weight is 419 g/mol. The molecule has 1 N–H and O–H groups in total. The van der Waals surface area contributed by atoms with E-state index >= 15 is 0 Å². The Kier molecular flexibility index (Phi) is 5.97. The van der Waals surface area contributed by atoms with E-state index in [-0.39, 0.29) is 12.1 Å². The summed E-state index contributed by atoms with van der Waals surface area (Å²) in [6, 6.07) is 13.2. The van der Waals surface area contributed by atoms with Gasteiger partial charge in [-0.15, -0.1) is 0 Å². The Bertz CT molecular complexity index is 1080. The molecule has 2 heterocycles. The number of nitrogens with one attached hydrogen (secondary N) is 1. The fourth-order valence-corrected chi connectivity index (χ4v) is 3.41. The molecule has 1 saturated carbocycles. The van der Waals surface area contributed by atoms with Gasteiger partial charge in [0.05, 0.1) is 36.4 Å². The number of amides is 2. The predicted octanol–water partition coefficient (Wildman–Crippen LogP) is 3.95. The van der Waals surface area contributed by atoms with E-state index in [2.05, 4.69) is 15.4 Å². The van der Waals surface area contributed by atoms with Crippen molar-refractivity contribution in [2.45, 2.75) is 39.3 Å². The fourth-order valence-electron chi connectivity index (χ4n) is 3.41. The van der Waals surface area contributed by atoms with E-state index in [9.17, 15) is 9.59 Å². The van der Waals surface area contributed by atoms with Crippen molar-refractivity contribution in [3.63, 3.8) is 0 Å². The van der Waals surface area contributed by atoms with Crippen molar-refractivity contribution in [3.8, 4) is 5.69 Å². The SMILES string of the molecule is CCOC(=O)c1cnn(-c2cccc(NC(=O)N(Cc3ccccn3)C3CC3)c2)c1C. The first-order valence-electron chi connectivity index (χ1n) is 10.4. The molecule has 8 nitrogen and oxygen atoms in total. The van der Waals surface area contributed by atoms with Crippen LogP contribution in [-0.4, -0.2) is 44.3 Å². The molecule has 1 aromatic carbocycles. The monoisotopic (exact) mass is 419 g/mol. The Morgan fingerprint density at radius 3 is 2.77 bits per heavy atom. The van der Waals surface area contributed by atoms with Crippen LogP contribution in [-0.2, 0) is 11.3 Å². The second-order valence-electron chi connectivity index (χ2n) is 7.44. The second-order valence-corrected chi connectivity index (χ2v) is 7.44. The summed E-state index contributed by atoms with van der Waals surface area (Å²) in [4.78, 5) is 31.2. The third-order valence-electron chi connectivity index (χ3n) is 5.15. The van der Waals surface area contributed by atoms with E-state index < -0.39 is 5.97 Å². The smallest absolute Gasteiger partial charge is 0.341 e. The summed E-state index contributed by atoms with van der Waals surface area (Å²) >= 11 is 0. The van der Waals surface area contributed by atoms with Crippen LogP contribution in [0.2, 0.25) is 0 Å². The van der Waals surface area contributed by atoms with Crippen molar-refractivity contribution < 1.29 is 14.3 Å². The second kappa shape index (κ2) is 8.99. The van der Waals surface area contributed by atoms with Crippen molar-refractivity contribution in [1.29, 1.82) is 0 Å². The molecule has 2 aromatic heterocycles. The van der Waals surface area contributed by atoms with Crippen molar-refractivity contribution in [3.05, 3.63) is 71.8 Å². The first-order chi connectivity index (χ1) is 15.1. The molecule has 0 unspecified atom stereocenters. The number of ether oxygens (including phenoxy) is 1. The Morgan fingerprint density at radius 2 is 2.06 bits per heavy atom. The molecular formula is C23H25N5O3. The number of pyridine rings is 1. The van der Waals surface area contributed by atoms with Gasteiger partial charge < -0.3 is 15.0 Å². The summed E-state index contributed by atoms with van der Waals surface area (Å²) in [5.74, 6) is -0.398. The van der Waals surface area contributed by atoms with Crippen LogP contribution in [0.25, 0.3) is 5.69 Å². The Morgan fingerprint density at radius 1 is 1.23 bits per heavy atom. The van der Waals surface area contributed by atoms with E-state index in [1.54, 1.807) is 17.8 Å². The molecule has 8 heteroatoms. The molecule has 0 radical (unpaired) electrons. The first-order valence-corrected chi connectivity index (χ1v) is 10.4. The summed E-state index contributed by atoms with van der Waals surface area (Å²) in [6.07, 6.45) is 5.24. The summed E-state index contributed by atoms with van der Waals surface area (Å²) in [6.45, 7) is 4.36. The van der Waals surface area contributed by atoms with Crippen LogP contribution >= 0.6 is 0 Å². The zero-order chi connectivity index (χ0) is 21.8. The molecule has 31 heavy (non-hydrogen) atoms. The van der Waals surface area contributed by atoms with Gasteiger partial charge in [-0.25, -0.2) is 14.3 Å². The molecular weight excluding hydrogens is 394 g/mol. The largest absolute Gasteiger partial charge is 0.462 e. The van der Waals surface area contributed by atoms with E-state index in [4.69, 9.17) is 4.74 Å². The lowest BCUT2D eigenvalue weighted by molar-refractivity contribution is 0.0525. The highest BCUT2D eigenvalue weighted by Gasteiger charge is 2.33. The molecule has 1 fully saturated rings. The molecule has 2 amide bonds. The van der Waals surface area contributed by atoms with Crippen molar-refractivity contribution in [1.82, 2.24) is 19.7 Å². The Hall–Kier alpha value is -3.68. The summed E-state index contributed by atoms with van der Waals surface area (Å²) in [5, 5.41) is 7.31. The number of urea groups is 1. The fraction of sp³-hybridized carbons (Fsp3) is 0.304. The minimum Gasteiger partial charge on any atom is -0.462 e. The van der Waals surface area contributed by atoms with Gasteiger partial charge in [-0.05, 0) is 57.0 Å². The maximum atomic E-state index is 13.0. The number of aromatic nitrogens is 3. The molecule has 0 atom stereocenters. The topological polar surface area (TPSA) is 89.3 Å². The number of hydrogen-bond acceptors (Lipinski definition) is 5. The molecule has 160 valence electrons. The minimum absolute atomic E-state index is 0.158. The molecule has 1 aliphatic rings. The zero-order valence-electron chi connectivity index (χ0n) is 17.6. The van der Waals surface area contributed by atoms with Gasteiger partial charge in [0, 0.05) is 17.9 Å². The number of benzene rings is 1. The molecule has 0 spiro atoms. The predicted molar refractivity (Wildman–Crippen MR) is 116 cm³/mol. The number of rotatable bonds is 7. The molecule has 4 rings (SSSR count).